The molecule has 1 atom stereocenters. The Balaban J connectivity index is 2.19. The number of rotatable bonds is 12. The van der Waals surface area contributed by atoms with Crippen molar-refractivity contribution in [3.8, 4) is 0 Å². The van der Waals surface area contributed by atoms with Crippen molar-refractivity contribution in [1.82, 2.24) is 10.2 Å². The van der Waals surface area contributed by atoms with Crippen LogP contribution in [0.15, 0.2) is 0 Å². The molecule has 1 unspecified atom stereocenters. The summed E-state index contributed by atoms with van der Waals surface area (Å²) in [6.45, 7) is 12.5. The Labute approximate surface area is 126 Å². The number of nitrogens with one attached hydrogen (secondary N) is 1. The number of aliphatic hydroxyl groups excluding tert-OH is 1. The summed E-state index contributed by atoms with van der Waals surface area (Å²) in [5.74, 6) is 0.808. The zero-order valence-electron chi connectivity index (χ0n) is 14.1. The standard InChI is InChI=1S/C17H36N2O/c1-5-18-17(4,14-20)11-6-7-12-19(16-8-9-16)13-10-15(2)3/h15-16,18,20H,5-14H2,1-4H3. The van der Waals surface area contributed by atoms with E-state index in [1.165, 1.54) is 45.2 Å². The molecule has 120 valence electrons. The van der Waals surface area contributed by atoms with E-state index in [9.17, 15) is 5.11 Å². The Bertz CT molecular complexity index is 253. The van der Waals surface area contributed by atoms with Crippen LogP contribution in [0.5, 0.6) is 0 Å². The van der Waals surface area contributed by atoms with Gasteiger partial charge in [-0.1, -0.05) is 27.2 Å². The Kier molecular flexibility index (Phi) is 8.08. The molecule has 1 aliphatic rings. The predicted molar refractivity (Wildman–Crippen MR) is 87.1 cm³/mol. The van der Waals surface area contributed by atoms with Gasteiger partial charge in [0, 0.05) is 11.6 Å². The van der Waals surface area contributed by atoms with Crippen molar-refractivity contribution in [3.63, 3.8) is 0 Å². The van der Waals surface area contributed by atoms with E-state index in [-0.39, 0.29) is 12.1 Å². The lowest BCUT2D eigenvalue weighted by molar-refractivity contribution is 0.161. The minimum absolute atomic E-state index is 0.0862. The number of nitrogens with zero attached hydrogens (tertiary/aromatic N) is 1. The third kappa shape index (κ3) is 7.05. The number of likely N-dealkylation sites (N-methyl/N-ethyl adjacent to an activating group) is 1. The van der Waals surface area contributed by atoms with Gasteiger partial charge in [0.15, 0.2) is 0 Å². The summed E-state index contributed by atoms with van der Waals surface area (Å²) >= 11 is 0. The molecule has 0 amide bonds. The van der Waals surface area contributed by atoms with E-state index in [1.54, 1.807) is 0 Å². The topological polar surface area (TPSA) is 35.5 Å². The molecule has 0 aromatic heterocycles. The van der Waals surface area contributed by atoms with Gasteiger partial charge in [-0.25, -0.2) is 0 Å². The number of aliphatic hydroxyl groups is 1. The first kappa shape index (κ1) is 17.9. The molecule has 0 spiro atoms. The molecule has 0 aromatic rings. The fourth-order valence-electron chi connectivity index (χ4n) is 2.82. The van der Waals surface area contributed by atoms with Crippen LogP contribution in [-0.2, 0) is 0 Å². The molecule has 0 bridgehead atoms. The van der Waals surface area contributed by atoms with Gasteiger partial charge in [0.2, 0.25) is 0 Å². The maximum atomic E-state index is 9.50. The van der Waals surface area contributed by atoms with E-state index in [0.717, 1.165) is 24.9 Å². The predicted octanol–water partition coefficient (Wildman–Crippen LogP) is 3.03. The molecule has 0 aromatic carbocycles. The van der Waals surface area contributed by atoms with Gasteiger partial charge in [-0.3, -0.25) is 0 Å². The fraction of sp³-hybridized carbons (Fsp3) is 1.00. The van der Waals surface area contributed by atoms with Gasteiger partial charge < -0.3 is 15.3 Å². The van der Waals surface area contributed by atoms with Crippen LogP contribution >= 0.6 is 0 Å². The average Bonchev–Trinajstić information content (AvgIpc) is 3.22. The van der Waals surface area contributed by atoms with Gasteiger partial charge in [0.25, 0.3) is 0 Å². The highest BCUT2D eigenvalue weighted by atomic mass is 16.3. The molecule has 1 saturated carbocycles. The largest absolute Gasteiger partial charge is 0.394 e. The minimum Gasteiger partial charge on any atom is -0.394 e. The van der Waals surface area contributed by atoms with Gasteiger partial charge in [0.1, 0.15) is 0 Å². The van der Waals surface area contributed by atoms with Crippen LogP contribution in [0.1, 0.15) is 66.2 Å². The van der Waals surface area contributed by atoms with Crippen LogP contribution in [0.2, 0.25) is 0 Å². The van der Waals surface area contributed by atoms with Gasteiger partial charge in [-0.2, -0.15) is 0 Å². The van der Waals surface area contributed by atoms with Gasteiger partial charge >= 0.3 is 0 Å². The number of unbranched alkanes of at least 4 members (excludes halogenated alkanes) is 1. The van der Waals surface area contributed by atoms with Gasteiger partial charge in [0.05, 0.1) is 6.61 Å². The van der Waals surface area contributed by atoms with Crippen molar-refractivity contribution in [2.75, 3.05) is 26.2 Å². The van der Waals surface area contributed by atoms with Crippen molar-refractivity contribution in [2.24, 2.45) is 5.92 Å². The zero-order valence-corrected chi connectivity index (χ0v) is 14.1. The van der Waals surface area contributed by atoms with Crippen LogP contribution in [-0.4, -0.2) is 47.8 Å². The highest BCUT2D eigenvalue weighted by molar-refractivity contribution is 4.85. The van der Waals surface area contributed by atoms with E-state index in [0.29, 0.717) is 0 Å². The first-order valence-electron chi connectivity index (χ1n) is 8.60. The first-order valence-corrected chi connectivity index (χ1v) is 8.60. The van der Waals surface area contributed by atoms with Crippen LogP contribution in [0.3, 0.4) is 0 Å². The van der Waals surface area contributed by atoms with Crippen molar-refractivity contribution in [3.05, 3.63) is 0 Å². The fourth-order valence-corrected chi connectivity index (χ4v) is 2.82. The number of hydrogen-bond donors (Lipinski definition) is 2. The van der Waals surface area contributed by atoms with Crippen LogP contribution in [0, 0.1) is 5.92 Å². The maximum Gasteiger partial charge on any atom is 0.0610 e. The SMILES string of the molecule is CCNC(C)(CO)CCCCN(CCC(C)C)C1CC1. The number of hydrogen-bond acceptors (Lipinski definition) is 3. The summed E-state index contributed by atoms with van der Waals surface area (Å²) in [6, 6.07) is 0.881. The normalized spacial score (nSPS) is 18.8. The molecular weight excluding hydrogens is 248 g/mol. The highest BCUT2D eigenvalue weighted by Crippen LogP contribution is 2.28. The molecule has 0 saturated heterocycles. The smallest absolute Gasteiger partial charge is 0.0610 e. The molecule has 1 fully saturated rings. The summed E-state index contributed by atoms with van der Waals surface area (Å²) in [6.07, 6.45) is 7.67. The third-order valence-electron chi connectivity index (χ3n) is 4.43. The molecule has 0 radical (unpaired) electrons. The molecule has 20 heavy (non-hydrogen) atoms. The van der Waals surface area contributed by atoms with Crippen LogP contribution in [0.25, 0.3) is 0 Å². The summed E-state index contributed by atoms with van der Waals surface area (Å²) in [5.41, 5.74) is -0.0862. The van der Waals surface area contributed by atoms with E-state index < -0.39 is 0 Å². The van der Waals surface area contributed by atoms with Crippen molar-refractivity contribution < 1.29 is 5.11 Å². The van der Waals surface area contributed by atoms with E-state index in [1.807, 2.05) is 0 Å². The lowest BCUT2D eigenvalue weighted by atomic mass is 9.95. The second-order valence-corrected chi connectivity index (χ2v) is 7.16. The lowest BCUT2D eigenvalue weighted by Crippen LogP contribution is -2.45. The minimum atomic E-state index is -0.0862. The summed E-state index contributed by atoms with van der Waals surface area (Å²) in [5, 5.41) is 12.9. The molecule has 3 nitrogen and oxygen atoms in total. The third-order valence-corrected chi connectivity index (χ3v) is 4.43. The van der Waals surface area contributed by atoms with E-state index >= 15 is 0 Å². The van der Waals surface area contributed by atoms with Gasteiger partial charge in [-0.05, 0) is 64.6 Å². The summed E-state index contributed by atoms with van der Waals surface area (Å²) in [4.78, 5) is 2.70. The van der Waals surface area contributed by atoms with E-state index in [2.05, 4.69) is 37.9 Å². The summed E-state index contributed by atoms with van der Waals surface area (Å²) in [7, 11) is 0. The molecule has 1 rings (SSSR count). The van der Waals surface area contributed by atoms with E-state index in [4.69, 9.17) is 0 Å². The molecule has 1 aliphatic carbocycles. The highest BCUT2D eigenvalue weighted by Gasteiger charge is 2.28. The second-order valence-electron chi connectivity index (χ2n) is 7.16. The molecular formula is C17H36N2O. The second kappa shape index (κ2) is 9.01. The molecule has 0 aliphatic heterocycles. The van der Waals surface area contributed by atoms with Gasteiger partial charge in [-0.15, -0.1) is 0 Å². The maximum absolute atomic E-state index is 9.50. The lowest BCUT2D eigenvalue weighted by Gasteiger charge is -2.29. The Morgan fingerprint density at radius 3 is 2.45 bits per heavy atom. The van der Waals surface area contributed by atoms with Crippen LogP contribution < -0.4 is 5.32 Å². The molecule has 2 N–H and O–H groups in total. The monoisotopic (exact) mass is 284 g/mol. The average molecular weight is 284 g/mol. The first-order chi connectivity index (χ1) is 9.50. The Morgan fingerprint density at radius 2 is 1.95 bits per heavy atom. The van der Waals surface area contributed by atoms with Crippen LogP contribution in [0.4, 0.5) is 0 Å². The Hall–Kier alpha value is -0.120. The quantitative estimate of drug-likeness (QED) is 0.541. The molecule has 0 heterocycles. The van der Waals surface area contributed by atoms with Crippen molar-refractivity contribution in [1.29, 1.82) is 0 Å². The summed E-state index contributed by atoms with van der Waals surface area (Å²) < 4.78 is 0. The zero-order chi connectivity index (χ0) is 15.0. The molecule has 3 heteroatoms. The Morgan fingerprint density at radius 1 is 1.25 bits per heavy atom. The van der Waals surface area contributed by atoms with Crippen molar-refractivity contribution >= 4 is 0 Å². The van der Waals surface area contributed by atoms with Crippen molar-refractivity contribution in [2.45, 2.75) is 77.8 Å².